The number of aromatic nitrogens is 4. The highest BCUT2D eigenvalue weighted by Gasteiger charge is 2.17. The third-order valence-corrected chi connectivity index (χ3v) is 5.60. The highest BCUT2D eigenvalue weighted by Crippen LogP contribution is 2.32. The molecule has 0 aliphatic heterocycles. The van der Waals surface area contributed by atoms with E-state index in [4.69, 9.17) is 14.3 Å². The summed E-state index contributed by atoms with van der Waals surface area (Å²) in [6.45, 7) is 5.56. The van der Waals surface area contributed by atoms with Crippen molar-refractivity contribution in [3.63, 3.8) is 0 Å². The zero-order valence-corrected chi connectivity index (χ0v) is 18.4. The van der Waals surface area contributed by atoms with Crippen LogP contribution in [0.1, 0.15) is 25.3 Å². The first kappa shape index (κ1) is 20.1. The summed E-state index contributed by atoms with van der Waals surface area (Å²) in [5, 5.41) is 5.70. The molecule has 5 rings (SSSR count). The topological polar surface area (TPSA) is 68.7 Å². The number of benzene rings is 1. The molecule has 1 aromatic carbocycles. The predicted molar refractivity (Wildman–Crippen MR) is 125 cm³/mol. The van der Waals surface area contributed by atoms with Crippen LogP contribution in [0.4, 0.5) is 5.82 Å². The van der Waals surface area contributed by atoms with Crippen LogP contribution in [0.25, 0.3) is 28.1 Å². The van der Waals surface area contributed by atoms with E-state index in [1.54, 1.807) is 12.4 Å². The molecular formula is C25H25N5O2. The molecule has 7 heteroatoms. The Hall–Kier alpha value is -3.87. The Morgan fingerprint density at radius 2 is 1.94 bits per heavy atom. The molecule has 0 aliphatic rings. The Bertz CT molecular complexity index is 1360. The van der Waals surface area contributed by atoms with Crippen LogP contribution in [-0.2, 0) is 0 Å². The van der Waals surface area contributed by atoms with E-state index in [-0.39, 0.29) is 0 Å². The average molecular weight is 428 g/mol. The second-order valence-electron chi connectivity index (χ2n) is 7.87. The molecule has 0 saturated carbocycles. The van der Waals surface area contributed by atoms with Crippen molar-refractivity contribution in [3.8, 4) is 17.3 Å². The lowest BCUT2D eigenvalue weighted by Gasteiger charge is -2.22. The normalized spacial score (nSPS) is 12.3. The molecule has 0 bridgehead atoms. The fourth-order valence-electron chi connectivity index (χ4n) is 3.94. The molecule has 1 unspecified atom stereocenters. The van der Waals surface area contributed by atoms with E-state index >= 15 is 0 Å². The van der Waals surface area contributed by atoms with E-state index in [0.717, 1.165) is 34.7 Å². The van der Waals surface area contributed by atoms with Gasteiger partial charge in [-0.3, -0.25) is 0 Å². The summed E-state index contributed by atoms with van der Waals surface area (Å²) in [4.78, 5) is 11.0. The lowest BCUT2D eigenvalue weighted by Crippen LogP contribution is -2.24. The first-order valence-corrected chi connectivity index (χ1v) is 10.8. The zero-order chi connectivity index (χ0) is 22.1. The summed E-state index contributed by atoms with van der Waals surface area (Å²) in [7, 11) is 2.06. The Labute approximate surface area is 186 Å². The summed E-state index contributed by atoms with van der Waals surface area (Å²) < 4.78 is 13.6. The van der Waals surface area contributed by atoms with E-state index in [9.17, 15) is 0 Å². The smallest absolute Gasteiger partial charge is 0.224 e. The molecule has 4 aromatic heterocycles. The number of hydrogen-bond donors (Lipinski definition) is 0. The number of likely N-dealkylation sites (N-methyl/N-ethyl adjacent to an activating group) is 1. The maximum absolute atomic E-state index is 6.10. The van der Waals surface area contributed by atoms with Gasteiger partial charge in [-0.2, -0.15) is 0 Å². The SMILES string of the molecule is CCOc1nccc2oc(-c3cnc4ccc(N(C)CC(C)c5ccccc5)nn34)cc12. The molecule has 4 heterocycles. The molecule has 0 radical (unpaired) electrons. The Kier molecular flexibility index (Phi) is 5.23. The molecule has 5 aromatic rings. The van der Waals surface area contributed by atoms with Crippen LogP contribution in [0.3, 0.4) is 0 Å². The summed E-state index contributed by atoms with van der Waals surface area (Å²) in [6, 6.07) is 18.3. The van der Waals surface area contributed by atoms with E-state index in [2.05, 4.69) is 53.1 Å². The fourth-order valence-corrected chi connectivity index (χ4v) is 3.94. The fraction of sp³-hybridized carbons (Fsp3) is 0.240. The highest BCUT2D eigenvalue weighted by molar-refractivity contribution is 5.86. The summed E-state index contributed by atoms with van der Waals surface area (Å²) in [6.07, 6.45) is 3.47. The molecule has 162 valence electrons. The van der Waals surface area contributed by atoms with Gasteiger partial charge in [-0.25, -0.2) is 14.5 Å². The molecule has 1 atom stereocenters. The van der Waals surface area contributed by atoms with Crippen LogP contribution >= 0.6 is 0 Å². The second-order valence-corrected chi connectivity index (χ2v) is 7.87. The van der Waals surface area contributed by atoms with Crippen molar-refractivity contribution >= 4 is 22.4 Å². The summed E-state index contributed by atoms with van der Waals surface area (Å²) in [5.41, 5.74) is 3.57. The van der Waals surface area contributed by atoms with Crippen LogP contribution in [0.15, 0.2) is 71.4 Å². The zero-order valence-electron chi connectivity index (χ0n) is 18.4. The predicted octanol–water partition coefficient (Wildman–Crippen LogP) is 5.18. The molecule has 0 fully saturated rings. The highest BCUT2D eigenvalue weighted by atomic mass is 16.5. The maximum atomic E-state index is 6.10. The van der Waals surface area contributed by atoms with E-state index in [1.807, 2.05) is 41.8 Å². The van der Waals surface area contributed by atoms with Crippen molar-refractivity contribution < 1.29 is 9.15 Å². The second kappa shape index (κ2) is 8.34. The molecule has 0 saturated heterocycles. The van der Waals surface area contributed by atoms with E-state index < -0.39 is 0 Å². The lowest BCUT2D eigenvalue weighted by molar-refractivity contribution is 0.331. The van der Waals surface area contributed by atoms with Gasteiger partial charge in [0, 0.05) is 25.9 Å². The molecule has 32 heavy (non-hydrogen) atoms. The van der Waals surface area contributed by atoms with Crippen LogP contribution in [0.2, 0.25) is 0 Å². The van der Waals surface area contributed by atoms with Gasteiger partial charge in [0.2, 0.25) is 5.88 Å². The maximum Gasteiger partial charge on any atom is 0.224 e. The van der Waals surface area contributed by atoms with Gasteiger partial charge in [-0.1, -0.05) is 37.3 Å². The molecule has 0 amide bonds. The first-order valence-electron chi connectivity index (χ1n) is 10.8. The van der Waals surface area contributed by atoms with Gasteiger partial charge in [-0.15, -0.1) is 5.10 Å². The number of fused-ring (bicyclic) bond motifs is 2. The van der Waals surface area contributed by atoms with Crippen molar-refractivity contribution in [2.24, 2.45) is 0 Å². The summed E-state index contributed by atoms with van der Waals surface area (Å²) in [5.74, 6) is 2.48. The van der Waals surface area contributed by atoms with Crippen molar-refractivity contribution in [2.75, 3.05) is 25.1 Å². The Morgan fingerprint density at radius 1 is 1.09 bits per heavy atom. The Morgan fingerprint density at radius 3 is 2.75 bits per heavy atom. The number of hydrogen-bond acceptors (Lipinski definition) is 6. The number of furan rings is 1. The van der Waals surface area contributed by atoms with Crippen molar-refractivity contribution in [2.45, 2.75) is 19.8 Å². The van der Waals surface area contributed by atoms with E-state index in [0.29, 0.717) is 24.2 Å². The van der Waals surface area contributed by atoms with Gasteiger partial charge < -0.3 is 14.1 Å². The van der Waals surface area contributed by atoms with Crippen LogP contribution < -0.4 is 9.64 Å². The monoisotopic (exact) mass is 427 g/mol. The standard InChI is InChI=1S/C25H25N5O2/c1-4-31-25-19-14-22(32-21(19)12-13-26-25)20-15-27-23-10-11-24(28-30(20)23)29(3)16-17(2)18-8-6-5-7-9-18/h5-15,17H,4,16H2,1-3H3. The molecule has 0 N–H and O–H groups in total. The van der Waals surface area contributed by atoms with Crippen LogP contribution in [-0.4, -0.2) is 39.8 Å². The number of anilines is 1. The first-order chi connectivity index (χ1) is 15.6. The van der Waals surface area contributed by atoms with Gasteiger partial charge in [-0.05, 0) is 36.6 Å². The molecular weight excluding hydrogens is 402 g/mol. The number of pyridine rings is 1. The molecule has 0 spiro atoms. The number of ether oxygens (including phenoxy) is 1. The number of rotatable bonds is 7. The van der Waals surface area contributed by atoms with Gasteiger partial charge in [0.25, 0.3) is 0 Å². The lowest BCUT2D eigenvalue weighted by atomic mass is 10.0. The third-order valence-electron chi connectivity index (χ3n) is 5.60. The van der Waals surface area contributed by atoms with Gasteiger partial charge >= 0.3 is 0 Å². The van der Waals surface area contributed by atoms with Crippen LogP contribution in [0.5, 0.6) is 5.88 Å². The van der Waals surface area contributed by atoms with Gasteiger partial charge in [0.15, 0.2) is 11.4 Å². The third kappa shape index (κ3) is 3.66. The van der Waals surface area contributed by atoms with Crippen molar-refractivity contribution in [1.82, 2.24) is 19.6 Å². The quantitative estimate of drug-likeness (QED) is 0.357. The minimum absolute atomic E-state index is 0.376. The van der Waals surface area contributed by atoms with Crippen molar-refractivity contribution in [1.29, 1.82) is 0 Å². The molecule has 7 nitrogen and oxygen atoms in total. The molecule has 0 aliphatic carbocycles. The minimum atomic E-state index is 0.376. The van der Waals surface area contributed by atoms with E-state index in [1.165, 1.54) is 5.56 Å². The average Bonchev–Trinajstić information content (AvgIpc) is 3.44. The van der Waals surface area contributed by atoms with Crippen LogP contribution in [0, 0.1) is 0 Å². The summed E-state index contributed by atoms with van der Waals surface area (Å²) >= 11 is 0. The van der Waals surface area contributed by atoms with Crippen molar-refractivity contribution in [3.05, 3.63) is 72.6 Å². The Balaban J connectivity index is 1.48. The number of imidazole rings is 1. The van der Waals surface area contributed by atoms with Gasteiger partial charge in [0.05, 0.1) is 18.2 Å². The largest absolute Gasteiger partial charge is 0.477 e. The number of nitrogens with zero attached hydrogens (tertiary/aromatic N) is 5. The minimum Gasteiger partial charge on any atom is -0.477 e. The van der Waals surface area contributed by atoms with Gasteiger partial charge in [0.1, 0.15) is 17.1 Å².